The molecule has 0 saturated carbocycles. The number of ether oxygens (including phenoxy) is 2. The van der Waals surface area contributed by atoms with Crippen molar-refractivity contribution in [3.8, 4) is 0 Å². The van der Waals surface area contributed by atoms with Crippen LogP contribution in [0.4, 0.5) is 0 Å². The van der Waals surface area contributed by atoms with E-state index < -0.39 is 49.5 Å². The van der Waals surface area contributed by atoms with E-state index in [1.54, 1.807) is 6.08 Å². The third-order valence-corrected chi connectivity index (χ3v) is 12.3. The Morgan fingerprint density at radius 3 is 1.39 bits per heavy atom. The number of nitrogens with one attached hydrogen (secondary N) is 1. The molecule has 9 nitrogen and oxygen atoms in total. The lowest BCUT2D eigenvalue weighted by Crippen LogP contribution is -2.60. The number of amides is 1. The van der Waals surface area contributed by atoms with Gasteiger partial charge >= 0.3 is 0 Å². The molecule has 6 N–H and O–H groups in total. The van der Waals surface area contributed by atoms with Crippen molar-refractivity contribution in [2.75, 3.05) is 13.2 Å². The smallest absolute Gasteiger partial charge is 0.220 e. The van der Waals surface area contributed by atoms with E-state index in [1.807, 2.05) is 6.08 Å². The average molecular weight is 964 g/mol. The van der Waals surface area contributed by atoms with E-state index in [0.29, 0.717) is 12.8 Å². The molecule has 394 valence electrons. The van der Waals surface area contributed by atoms with E-state index in [-0.39, 0.29) is 18.9 Å². The minimum absolute atomic E-state index is 0.231. The molecule has 0 aliphatic carbocycles. The van der Waals surface area contributed by atoms with Gasteiger partial charge < -0.3 is 40.3 Å². The van der Waals surface area contributed by atoms with Crippen molar-refractivity contribution in [1.29, 1.82) is 0 Å². The highest BCUT2D eigenvalue weighted by Gasteiger charge is 2.44. The van der Waals surface area contributed by atoms with Crippen LogP contribution in [0.1, 0.15) is 206 Å². The maximum absolute atomic E-state index is 13.0. The summed E-state index contributed by atoms with van der Waals surface area (Å²) in [5, 5.41) is 54.4. The van der Waals surface area contributed by atoms with Gasteiger partial charge in [-0.05, 0) is 96.3 Å². The monoisotopic (exact) mass is 964 g/mol. The summed E-state index contributed by atoms with van der Waals surface area (Å²) in [6.45, 7) is 3.61. The standard InChI is InChI=1S/C60H101NO8/c1-3-5-7-9-11-13-15-17-19-21-23-25-26-27-28-30-31-33-35-37-39-41-43-45-47-49-54(63)53(52-68-60-59(67)58(66)57(65)55(51-62)69-60)61-56(64)50-48-46-44-42-40-38-36-34-32-29-24-22-20-18-16-14-12-10-8-6-4-2/h6,8,12,14,18,20,24,29,31,33-34,36,39-42,47,49,53-55,57-60,62-63,65-67H,3-5,7,9-11,13,15-17,19,21-23,25-28,30,32,35,37-38,43-46,48,50-52H2,1-2H3,(H,61,64)/b8-6-,14-12-,20-18-,29-24-,33-31+,36-34-,41-39+,42-40-,49-47+. The Labute approximate surface area is 421 Å². The van der Waals surface area contributed by atoms with Gasteiger partial charge in [0.05, 0.1) is 25.4 Å². The third-order valence-electron chi connectivity index (χ3n) is 12.3. The zero-order chi connectivity index (χ0) is 50.1. The largest absolute Gasteiger partial charge is 0.394 e. The Balaban J connectivity index is 2.35. The fourth-order valence-electron chi connectivity index (χ4n) is 7.96. The molecule has 1 aliphatic heterocycles. The van der Waals surface area contributed by atoms with Crippen molar-refractivity contribution in [3.63, 3.8) is 0 Å². The van der Waals surface area contributed by atoms with Crippen LogP contribution in [0.2, 0.25) is 0 Å². The summed E-state index contributed by atoms with van der Waals surface area (Å²) in [5.41, 5.74) is 0. The molecule has 0 aromatic carbocycles. The molecule has 7 unspecified atom stereocenters. The summed E-state index contributed by atoms with van der Waals surface area (Å²) in [4.78, 5) is 13.0. The molecule has 1 fully saturated rings. The number of carbonyl (C=O) groups excluding carboxylic acids is 1. The lowest BCUT2D eigenvalue weighted by atomic mass is 9.99. The summed E-state index contributed by atoms with van der Waals surface area (Å²) in [6.07, 6.45) is 64.4. The van der Waals surface area contributed by atoms with E-state index in [2.05, 4.69) is 116 Å². The van der Waals surface area contributed by atoms with Crippen molar-refractivity contribution in [2.45, 2.75) is 249 Å². The predicted octanol–water partition coefficient (Wildman–Crippen LogP) is 13.4. The van der Waals surface area contributed by atoms with Crippen LogP contribution in [-0.4, -0.2) is 87.5 Å². The van der Waals surface area contributed by atoms with Gasteiger partial charge in [0.1, 0.15) is 24.4 Å². The van der Waals surface area contributed by atoms with E-state index in [4.69, 9.17) is 9.47 Å². The molecule has 7 atom stereocenters. The zero-order valence-corrected chi connectivity index (χ0v) is 43.5. The molecule has 0 spiro atoms. The molecule has 1 saturated heterocycles. The van der Waals surface area contributed by atoms with Gasteiger partial charge in [-0.25, -0.2) is 0 Å². The molecule has 0 bridgehead atoms. The molecule has 0 radical (unpaired) electrons. The molecule has 0 aromatic rings. The van der Waals surface area contributed by atoms with Crippen molar-refractivity contribution in [3.05, 3.63) is 109 Å². The second-order valence-electron chi connectivity index (χ2n) is 18.6. The summed E-state index contributed by atoms with van der Waals surface area (Å²) < 4.78 is 11.2. The van der Waals surface area contributed by atoms with E-state index >= 15 is 0 Å². The molecule has 1 rings (SSSR count). The Bertz CT molecular complexity index is 1440. The van der Waals surface area contributed by atoms with Gasteiger partial charge in [-0.1, -0.05) is 213 Å². The number of rotatable bonds is 45. The third kappa shape index (κ3) is 38.2. The molecule has 0 aromatic heterocycles. The van der Waals surface area contributed by atoms with Gasteiger partial charge in [0.15, 0.2) is 6.29 Å². The molecule has 1 amide bonds. The number of unbranched alkanes of at least 4 members (excludes halogenated alkanes) is 19. The number of allylic oxidation sites excluding steroid dienone is 17. The molecule has 69 heavy (non-hydrogen) atoms. The molecular formula is C60H101NO8. The second-order valence-corrected chi connectivity index (χ2v) is 18.6. The maximum atomic E-state index is 13.0. The van der Waals surface area contributed by atoms with Gasteiger partial charge in [0.2, 0.25) is 5.91 Å². The van der Waals surface area contributed by atoms with Crippen molar-refractivity contribution < 1.29 is 39.8 Å². The summed E-state index contributed by atoms with van der Waals surface area (Å²) >= 11 is 0. The number of aliphatic hydroxyl groups excluding tert-OH is 5. The number of aliphatic hydroxyl groups is 5. The first-order valence-electron chi connectivity index (χ1n) is 27.6. The Hall–Kier alpha value is -3.15. The van der Waals surface area contributed by atoms with Gasteiger partial charge in [0.25, 0.3) is 0 Å². The highest BCUT2D eigenvalue weighted by atomic mass is 16.7. The minimum atomic E-state index is -1.59. The lowest BCUT2D eigenvalue weighted by molar-refractivity contribution is -0.302. The fraction of sp³-hybridized carbons (Fsp3) is 0.683. The van der Waals surface area contributed by atoms with E-state index in [9.17, 15) is 30.3 Å². The first kappa shape index (κ1) is 63.9. The Kier molecular flexibility index (Phi) is 44.9. The maximum Gasteiger partial charge on any atom is 0.220 e. The highest BCUT2D eigenvalue weighted by molar-refractivity contribution is 5.76. The SMILES string of the molecule is CC/C=C\C/C=C\C/C=C\C/C=C\C/C=C\C/C=C\CCCCC(=O)NC(COC1OC(CO)C(O)C(O)C1O)C(O)/C=C/CC/C=C/CC/C=C/CCCCCCCCCCCCCCCCC. The molecular weight excluding hydrogens is 863 g/mol. The average Bonchev–Trinajstić information content (AvgIpc) is 3.35. The predicted molar refractivity (Wildman–Crippen MR) is 290 cm³/mol. The summed E-state index contributed by atoms with van der Waals surface area (Å²) in [7, 11) is 0. The number of hydrogen-bond acceptors (Lipinski definition) is 8. The summed E-state index contributed by atoms with van der Waals surface area (Å²) in [5.74, 6) is -0.237. The Morgan fingerprint density at radius 2 is 0.913 bits per heavy atom. The number of hydrogen-bond donors (Lipinski definition) is 6. The van der Waals surface area contributed by atoms with Crippen LogP contribution in [0.15, 0.2) is 109 Å². The van der Waals surface area contributed by atoms with Gasteiger partial charge in [-0.2, -0.15) is 0 Å². The van der Waals surface area contributed by atoms with E-state index in [1.165, 1.54) is 96.3 Å². The summed E-state index contributed by atoms with van der Waals surface area (Å²) in [6, 6.07) is -0.860. The van der Waals surface area contributed by atoms with Crippen LogP contribution in [0.3, 0.4) is 0 Å². The van der Waals surface area contributed by atoms with Crippen LogP contribution in [0.5, 0.6) is 0 Å². The zero-order valence-electron chi connectivity index (χ0n) is 43.5. The van der Waals surface area contributed by atoms with Gasteiger partial charge in [-0.15, -0.1) is 0 Å². The first-order chi connectivity index (χ1) is 33.8. The van der Waals surface area contributed by atoms with Crippen molar-refractivity contribution in [1.82, 2.24) is 5.32 Å². The fourth-order valence-corrected chi connectivity index (χ4v) is 7.96. The first-order valence-corrected chi connectivity index (χ1v) is 27.6. The van der Waals surface area contributed by atoms with Crippen molar-refractivity contribution in [2.24, 2.45) is 0 Å². The van der Waals surface area contributed by atoms with Crippen LogP contribution in [0.25, 0.3) is 0 Å². The van der Waals surface area contributed by atoms with Crippen molar-refractivity contribution >= 4 is 5.91 Å². The van der Waals surface area contributed by atoms with Gasteiger partial charge in [-0.3, -0.25) is 4.79 Å². The molecule has 1 aliphatic rings. The minimum Gasteiger partial charge on any atom is -0.394 e. The quantitative estimate of drug-likeness (QED) is 0.0261. The van der Waals surface area contributed by atoms with Crippen LogP contribution < -0.4 is 5.32 Å². The number of carbonyl (C=O) groups is 1. The van der Waals surface area contributed by atoms with Crippen LogP contribution in [-0.2, 0) is 14.3 Å². The lowest BCUT2D eigenvalue weighted by Gasteiger charge is -2.40. The normalized spacial score (nSPS) is 20.4. The van der Waals surface area contributed by atoms with Crippen LogP contribution in [0, 0.1) is 0 Å². The topological polar surface area (TPSA) is 149 Å². The molecule has 9 heteroatoms. The van der Waals surface area contributed by atoms with Crippen LogP contribution >= 0.6 is 0 Å². The van der Waals surface area contributed by atoms with Gasteiger partial charge in [0, 0.05) is 6.42 Å². The molecule has 1 heterocycles. The second kappa shape index (κ2) is 48.5. The highest BCUT2D eigenvalue weighted by Crippen LogP contribution is 2.22. The Morgan fingerprint density at radius 1 is 0.507 bits per heavy atom. The van der Waals surface area contributed by atoms with E-state index in [0.717, 1.165) is 77.0 Å².